The van der Waals surface area contributed by atoms with Crippen LogP contribution in [-0.4, -0.2) is 12.1 Å². The van der Waals surface area contributed by atoms with E-state index in [2.05, 4.69) is 0 Å². The Morgan fingerprint density at radius 2 is 2.19 bits per heavy atom. The number of carbonyl (C=O) groups excluding carboxylic acids is 1. The SMILES string of the molecule is C[C@H]1Oc2ccccc2C=C1/C=C/C(=O)[O-]. The fraction of sp³-hybridized carbons (Fsp3) is 0.154. The van der Waals surface area contributed by atoms with Crippen LogP contribution in [0, 0.1) is 0 Å². The number of carbonyl (C=O) groups is 1. The van der Waals surface area contributed by atoms with Gasteiger partial charge in [0.25, 0.3) is 0 Å². The van der Waals surface area contributed by atoms with Crippen molar-refractivity contribution in [3.05, 3.63) is 47.6 Å². The number of fused-ring (bicyclic) bond motifs is 1. The van der Waals surface area contributed by atoms with Crippen LogP contribution in [0.1, 0.15) is 12.5 Å². The summed E-state index contributed by atoms with van der Waals surface area (Å²) in [6, 6.07) is 7.63. The molecule has 0 N–H and O–H groups in total. The second kappa shape index (κ2) is 4.23. The van der Waals surface area contributed by atoms with Crippen LogP contribution in [0.2, 0.25) is 0 Å². The van der Waals surface area contributed by atoms with Gasteiger partial charge in [-0.3, -0.25) is 0 Å². The molecule has 16 heavy (non-hydrogen) atoms. The van der Waals surface area contributed by atoms with Crippen molar-refractivity contribution >= 4 is 12.0 Å². The molecule has 0 saturated carbocycles. The number of hydrogen-bond acceptors (Lipinski definition) is 3. The van der Waals surface area contributed by atoms with Gasteiger partial charge in [0, 0.05) is 5.56 Å². The summed E-state index contributed by atoms with van der Waals surface area (Å²) < 4.78 is 5.64. The summed E-state index contributed by atoms with van der Waals surface area (Å²) in [5, 5.41) is 10.3. The first-order chi connectivity index (χ1) is 7.66. The van der Waals surface area contributed by atoms with E-state index in [1.807, 2.05) is 37.3 Å². The molecule has 3 nitrogen and oxygen atoms in total. The van der Waals surface area contributed by atoms with E-state index in [1.165, 1.54) is 6.08 Å². The first-order valence-corrected chi connectivity index (χ1v) is 5.03. The normalized spacial score (nSPS) is 18.8. The van der Waals surface area contributed by atoms with Crippen molar-refractivity contribution in [1.82, 2.24) is 0 Å². The Labute approximate surface area is 93.7 Å². The average Bonchev–Trinajstić information content (AvgIpc) is 2.26. The van der Waals surface area contributed by atoms with Gasteiger partial charge < -0.3 is 14.6 Å². The molecular weight excluding hydrogens is 204 g/mol. The minimum Gasteiger partial charge on any atom is -0.545 e. The van der Waals surface area contributed by atoms with Gasteiger partial charge in [0.1, 0.15) is 11.9 Å². The lowest BCUT2D eigenvalue weighted by atomic mass is 10.0. The van der Waals surface area contributed by atoms with E-state index >= 15 is 0 Å². The van der Waals surface area contributed by atoms with E-state index in [0.717, 1.165) is 23.0 Å². The molecule has 2 rings (SSSR count). The molecule has 1 aromatic rings. The van der Waals surface area contributed by atoms with Gasteiger partial charge in [-0.2, -0.15) is 0 Å². The van der Waals surface area contributed by atoms with Crippen LogP contribution < -0.4 is 9.84 Å². The molecule has 1 heterocycles. The third-order valence-electron chi connectivity index (χ3n) is 2.43. The summed E-state index contributed by atoms with van der Waals surface area (Å²) in [5.74, 6) is -0.382. The third-order valence-corrected chi connectivity index (χ3v) is 2.43. The summed E-state index contributed by atoms with van der Waals surface area (Å²) >= 11 is 0. The maximum atomic E-state index is 10.3. The van der Waals surface area contributed by atoms with Crippen LogP contribution in [0.3, 0.4) is 0 Å². The first-order valence-electron chi connectivity index (χ1n) is 5.03. The van der Waals surface area contributed by atoms with Gasteiger partial charge in [0.2, 0.25) is 0 Å². The van der Waals surface area contributed by atoms with E-state index in [-0.39, 0.29) is 6.10 Å². The Bertz CT molecular complexity index is 472. The van der Waals surface area contributed by atoms with Gasteiger partial charge in [-0.25, -0.2) is 0 Å². The largest absolute Gasteiger partial charge is 0.545 e. The molecule has 0 fully saturated rings. The van der Waals surface area contributed by atoms with E-state index in [9.17, 15) is 9.90 Å². The summed E-state index contributed by atoms with van der Waals surface area (Å²) in [7, 11) is 0. The van der Waals surface area contributed by atoms with Gasteiger partial charge in [-0.05, 0) is 30.7 Å². The molecule has 1 aromatic carbocycles. The minimum atomic E-state index is -1.20. The van der Waals surface area contributed by atoms with E-state index in [1.54, 1.807) is 0 Å². The van der Waals surface area contributed by atoms with Crippen LogP contribution in [0.25, 0.3) is 6.08 Å². The predicted molar refractivity (Wildman–Crippen MR) is 58.7 cm³/mol. The first kappa shape index (κ1) is 10.5. The zero-order valence-electron chi connectivity index (χ0n) is 8.84. The second-order valence-electron chi connectivity index (χ2n) is 3.59. The van der Waals surface area contributed by atoms with Gasteiger partial charge >= 0.3 is 0 Å². The molecule has 0 aromatic heterocycles. The highest BCUT2D eigenvalue weighted by atomic mass is 16.5. The molecule has 3 heteroatoms. The highest BCUT2D eigenvalue weighted by Gasteiger charge is 2.15. The molecule has 1 aliphatic rings. The molecule has 0 bridgehead atoms. The Hall–Kier alpha value is -2.03. The van der Waals surface area contributed by atoms with Crippen molar-refractivity contribution in [2.24, 2.45) is 0 Å². The van der Waals surface area contributed by atoms with E-state index in [4.69, 9.17) is 4.74 Å². The van der Waals surface area contributed by atoms with Crippen LogP contribution >= 0.6 is 0 Å². The van der Waals surface area contributed by atoms with E-state index in [0.29, 0.717) is 0 Å². The van der Waals surface area contributed by atoms with Crippen molar-refractivity contribution in [2.45, 2.75) is 13.0 Å². The van der Waals surface area contributed by atoms with Crippen molar-refractivity contribution in [2.75, 3.05) is 0 Å². The highest BCUT2D eigenvalue weighted by molar-refractivity contribution is 5.79. The topological polar surface area (TPSA) is 49.4 Å². The van der Waals surface area contributed by atoms with Gasteiger partial charge in [-0.15, -0.1) is 0 Å². The Morgan fingerprint density at radius 1 is 1.44 bits per heavy atom. The molecule has 1 atom stereocenters. The van der Waals surface area contributed by atoms with E-state index < -0.39 is 5.97 Å². The molecule has 0 spiro atoms. The number of ether oxygens (including phenoxy) is 1. The summed E-state index contributed by atoms with van der Waals surface area (Å²) in [5.41, 5.74) is 1.78. The molecule has 1 aliphatic heterocycles. The monoisotopic (exact) mass is 215 g/mol. The second-order valence-corrected chi connectivity index (χ2v) is 3.59. The summed E-state index contributed by atoms with van der Waals surface area (Å²) in [6.07, 6.45) is 4.30. The Balaban J connectivity index is 2.34. The standard InChI is InChI=1S/C13H12O3/c1-9-10(6-7-13(14)15)8-11-4-2-3-5-12(11)16-9/h2-9H,1H3,(H,14,15)/p-1/b7-6+/t9-/m1/s1. The number of rotatable bonds is 2. The zero-order valence-corrected chi connectivity index (χ0v) is 8.84. The average molecular weight is 215 g/mol. The lowest BCUT2D eigenvalue weighted by Gasteiger charge is -2.22. The van der Waals surface area contributed by atoms with Crippen LogP contribution in [-0.2, 0) is 4.79 Å². The van der Waals surface area contributed by atoms with Gasteiger partial charge in [0.15, 0.2) is 0 Å². The van der Waals surface area contributed by atoms with Crippen LogP contribution in [0.5, 0.6) is 5.75 Å². The Morgan fingerprint density at radius 3 is 2.94 bits per heavy atom. The summed E-state index contributed by atoms with van der Waals surface area (Å²) in [6.45, 7) is 1.88. The van der Waals surface area contributed by atoms with Crippen LogP contribution in [0.4, 0.5) is 0 Å². The van der Waals surface area contributed by atoms with Crippen LogP contribution in [0.15, 0.2) is 42.0 Å². The maximum Gasteiger partial charge on any atom is 0.127 e. The number of hydrogen-bond donors (Lipinski definition) is 0. The molecular formula is C13H11O3-. The molecule has 82 valence electrons. The number of carboxylic acids is 1. The van der Waals surface area contributed by atoms with Gasteiger partial charge in [0.05, 0.1) is 5.97 Å². The molecule has 0 unspecified atom stereocenters. The van der Waals surface area contributed by atoms with Gasteiger partial charge in [-0.1, -0.05) is 24.3 Å². The Kier molecular flexibility index (Phi) is 2.77. The molecule has 0 saturated heterocycles. The highest BCUT2D eigenvalue weighted by Crippen LogP contribution is 2.29. The number of para-hydroxylation sites is 1. The van der Waals surface area contributed by atoms with Crippen molar-refractivity contribution in [3.63, 3.8) is 0 Å². The van der Waals surface area contributed by atoms with Crippen molar-refractivity contribution in [1.29, 1.82) is 0 Å². The fourth-order valence-electron chi connectivity index (χ4n) is 1.61. The zero-order chi connectivity index (χ0) is 11.5. The quantitative estimate of drug-likeness (QED) is 0.695. The summed E-state index contributed by atoms with van der Waals surface area (Å²) in [4.78, 5) is 10.3. The number of benzene rings is 1. The maximum absolute atomic E-state index is 10.3. The van der Waals surface area contributed by atoms with Crippen molar-refractivity contribution < 1.29 is 14.6 Å². The molecule has 0 amide bonds. The van der Waals surface area contributed by atoms with Crippen molar-refractivity contribution in [3.8, 4) is 5.75 Å². The third kappa shape index (κ3) is 2.14. The number of aliphatic carboxylic acids is 1. The lowest BCUT2D eigenvalue weighted by Crippen LogP contribution is -2.21. The molecule has 0 radical (unpaired) electrons. The predicted octanol–water partition coefficient (Wildman–Crippen LogP) is 1.16. The fourth-order valence-corrected chi connectivity index (χ4v) is 1.61. The molecule has 0 aliphatic carbocycles. The minimum absolute atomic E-state index is 0.148. The smallest absolute Gasteiger partial charge is 0.127 e. The number of carboxylic acid groups (broad SMARTS) is 1. The lowest BCUT2D eigenvalue weighted by molar-refractivity contribution is -0.297.